The van der Waals surface area contributed by atoms with Gasteiger partial charge in [0.25, 0.3) is 0 Å². The molecule has 1 fully saturated rings. The molecule has 0 spiro atoms. The molecule has 0 aromatic carbocycles. The van der Waals surface area contributed by atoms with Crippen LogP contribution in [-0.2, 0) is 20.9 Å². The third-order valence-electron chi connectivity index (χ3n) is 4.00. The standard InChI is InChI=1S/C16H26N4O3S/c1-12(21)18-16-19-14(11-24-16)10-20-7-4-13(5-8-20)15(22)17-6-3-9-23-2/h11,13H,3-10H2,1-2H3,(H,17,22)(H,18,19,21). The number of anilines is 1. The average molecular weight is 354 g/mol. The van der Waals surface area contributed by atoms with Crippen molar-refractivity contribution in [3.05, 3.63) is 11.1 Å². The maximum atomic E-state index is 12.1. The molecule has 2 N–H and O–H groups in total. The minimum absolute atomic E-state index is 0.103. The van der Waals surface area contributed by atoms with Crippen LogP contribution in [0.2, 0.25) is 0 Å². The monoisotopic (exact) mass is 354 g/mol. The molecule has 1 aliphatic rings. The summed E-state index contributed by atoms with van der Waals surface area (Å²) in [6, 6.07) is 0. The van der Waals surface area contributed by atoms with Gasteiger partial charge in [-0.05, 0) is 32.4 Å². The van der Waals surface area contributed by atoms with Crippen molar-refractivity contribution in [2.24, 2.45) is 5.92 Å². The molecule has 0 atom stereocenters. The van der Waals surface area contributed by atoms with E-state index in [0.29, 0.717) is 18.3 Å². The number of nitrogens with zero attached hydrogens (tertiary/aromatic N) is 2. The van der Waals surface area contributed by atoms with Gasteiger partial charge in [0, 0.05) is 45.0 Å². The van der Waals surface area contributed by atoms with Crippen LogP contribution in [0.3, 0.4) is 0 Å². The molecule has 0 aliphatic carbocycles. The van der Waals surface area contributed by atoms with Gasteiger partial charge in [0.15, 0.2) is 5.13 Å². The van der Waals surface area contributed by atoms with E-state index in [0.717, 1.165) is 44.6 Å². The van der Waals surface area contributed by atoms with Crippen molar-refractivity contribution in [1.29, 1.82) is 0 Å². The fourth-order valence-corrected chi connectivity index (χ4v) is 3.49. The number of piperidine rings is 1. The van der Waals surface area contributed by atoms with Crippen LogP contribution in [0.15, 0.2) is 5.38 Å². The lowest BCUT2D eigenvalue weighted by molar-refractivity contribution is -0.126. The van der Waals surface area contributed by atoms with E-state index in [9.17, 15) is 9.59 Å². The summed E-state index contributed by atoms with van der Waals surface area (Å²) in [5, 5.41) is 8.30. The van der Waals surface area contributed by atoms with Crippen molar-refractivity contribution in [2.75, 3.05) is 38.7 Å². The van der Waals surface area contributed by atoms with Gasteiger partial charge in [-0.15, -0.1) is 11.3 Å². The minimum atomic E-state index is -0.103. The summed E-state index contributed by atoms with van der Waals surface area (Å²) in [5.74, 6) is 0.162. The molecule has 0 bridgehead atoms. The van der Waals surface area contributed by atoms with Gasteiger partial charge in [-0.2, -0.15) is 0 Å². The molecule has 2 amide bonds. The van der Waals surface area contributed by atoms with E-state index in [-0.39, 0.29) is 17.7 Å². The lowest BCUT2D eigenvalue weighted by Gasteiger charge is -2.30. The van der Waals surface area contributed by atoms with E-state index in [1.54, 1.807) is 7.11 Å². The Morgan fingerprint density at radius 1 is 1.42 bits per heavy atom. The minimum Gasteiger partial charge on any atom is -0.385 e. The van der Waals surface area contributed by atoms with E-state index < -0.39 is 0 Å². The molecule has 0 saturated carbocycles. The second kappa shape index (κ2) is 9.71. The number of thiazole rings is 1. The predicted molar refractivity (Wildman–Crippen MR) is 93.9 cm³/mol. The number of nitrogens with one attached hydrogen (secondary N) is 2. The second-order valence-electron chi connectivity index (χ2n) is 6.01. The summed E-state index contributed by atoms with van der Waals surface area (Å²) in [5.41, 5.74) is 0.964. The fourth-order valence-electron chi connectivity index (χ4n) is 2.74. The Morgan fingerprint density at radius 3 is 2.83 bits per heavy atom. The highest BCUT2D eigenvalue weighted by molar-refractivity contribution is 7.13. The molecule has 0 radical (unpaired) electrons. The summed E-state index contributed by atoms with van der Waals surface area (Å²) in [6.45, 7) is 5.38. The van der Waals surface area contributed by atoms with E-state index >= 15 is 0 Å². The highest BCUT2D eigenvalue weighted by Gasteiger charge is 2.25. The molecule has 7 nitrogen and oxygen atoms in total. The van der Waals surface area contributed by atoms with Crippen LogP contribution in [0.25, 0.3) is 0 Å². The van der Waals surface area contributed by atoms with E-state index in [2.05, 4.69) is 20.5 Å². The number of amides is 2. The molecule has 1 aliphatic heterocycles. The Labute approximate surface area is 146 Å². The van der Waals surface area contributed by atoms with Crippen molar-refractivity contribution < 1.29 is 14.3 Å². The molecule has 1 saturated heterocycles. The summed E-state index contributed by atoms with van der Waals surface area (Å²) in [7, 11) is 1.67. The van der Waals surface area contributed by atoms with E-state index in [1.165, 1.54) is 18.3 Å². The average Bonchev–Trinajstić information content (AvgIpc) is 2.98. The molecular formula is C16H26N4O3S. The topological polar surface area (TPSA) is 83.6 Å². The van der Waals surface area contributed by atoms with Crippen LogP contribution in [0.5, 0.6) is 0 Å². The Kier molecular flexibility index (Phi) is 7.61. The van der Waals surface area contributed by atoms with Crippen molar-refractivity contribution >= 4 is 28.3 Å². The van der Waals surface area contributed by atoms with E-state index in [4.69, 9.17) is 4.74 Å². The molecule has 1 aromatic rings. The number of carbonyl (C=O) groups is 2. The SMILES string of the molecule is COCCCNC(=O)C1CCN(Cc2csc(NC(C)=O)n2)CC1. The first-order valence-corrected chi connectivity index (χ1v) is 9.17. The molecule has 2 rings (SSSR count). The summed E-state index contributed by atoms with van der Waals surface area (Å²) >= 11 is 1.44. The zero-order valence-electron chi connectivity index (χ0n) is 14.3. The molecule has 1 aromatic heterocycles. The highest BCUT2D eigenvalue weighted by atomic mass is 32.1. The number of aromatic nitrogens is 1. The number of ether oxygens (including phenoxy) is 1. The summed E-state index contributed by atoms with van der Waals surface area (Å²) in [4.78, 5) is 29.9. The van der Waals surface area contributed by atoms with Gasteiger partial charge < -0.3 is 15.4 Å². The fraction of sp³-hybridized carbons (Fsp3) is 0.688. The van der Waals surface area contributed by atoms with Gasteiger partial charge in [-0.3, -0.25) is 14.5 Å². The number of carbonyl (C=O) groups excluding carboxylic acids is 2. The second-order valence-corrected chi connectivity index (χ2v) is 6.87. The Balaban J connectivity index is 1.69. The van der Waals surface area contributed by atoms with Crippen LogP contribution in [0, 0.1) is 5.92 Å². The smallest absolute Gasteiger partial charge is 0.223 e. The van der Waals surface area contributed by atoms with Crippen LogP contribution in [0.1, 0.15) is 31.9 Å². The van der Waals surface area contributed by atoms with Crippen molar-refractivity contribution in [3.63, 3.8) is 0 Å². The maximum absolute atomic E-state index is 12.1. The predicted octanol–water partition coefficient (Wildman–Crippen LogP) is 1.47. The number of likely N-dealkylation sites (tertiary alicyclic amines) is 1. The van der Waals surface area contributed by atoms with Crippen LogP contribution in [0.4, 0.5) is 5.13 Å². The Bertz CT molecular complexity index is 541. The Hall–Kier alpha value is -1.51. The van der Waals surface area contributed by atoms with Gasteiger partial charge in [0.2, 0.25) is 11.8 Å². The van der Waals surface area contributed by atoms with Gasteiger partial charge in [-0.25, -0.2) is 4.98 Å². The zero-order chi connectivity index (χ0) is 17.4. The normalized spacial score (nSPS) is 16.1. The van der Waals surface area contributed by atoms with Crippen LogP contribution in [-0.4, -0.2) is 55.0 Å². The van der Waals surface area contributed by atoms with Gasteiger partial charge in [0.1, 0.15) is 0 Å². The molecule has 134 valence electrons. The largest absolute Gasteiger partial charge is 0.385 e. The van der Waals surface area contributed by atoms with Gasteiger partial charge >= 0.3 is 0 Å². The zero-order valence-corrected chi connectivity index (χ0v) is 15.2. The van der Waals surface area contributed by atoms with E-state index in [1.807, 2.05) is 5.38 Å². The van der Waals surface area contributed by atoms with Crippen molar-refractivity contribution in [1.82, 2.24) is 15.2 Å². The first kappa shape index (κ1) is 18.8. The molecular weight excluding hydrogens is 328 g/mol. The van der Waals surface area contributed by atoms with Crippen molar-refractivity contribution in [3.8, 4) is 0 Å². The summed E-state index contributed by atoms with van der Waals surface area (Å²) < 4.78 is 4.98. The molecule has 24 heavy (non-hydrogen) atoms. The van der Waals surface area contributed by atoms with Crippen molar-refractivity contribution in [2.45, 2.75) is 32.7 Å². The molecule has 8 heteroatoms. The first-order chi connectivity index (χ1) is 11.6. The van der Waals surface area contributed by atoms with Crippen LogP contribution < -0.4 is 10.6 Å². The summed E-state index contributed by atoms with van der Waals surface area (Å²) in [6.07, 6.45) is 2.60. The quantitative estimate of drug-likeness (QED) is 0.691. The first-order valence-electron chi connectivity index (χ1n) is 8.29. The third-order valence-corrected chi connectivity index (χ3v) is 4.81. The van der Waals surface area contributed by atoms with Gasteiger partial charge in [-0.1, -0.05) is 0 Å². The van der Waals surface area contributed by atoms with Crippen LogP contribution >= 0.6 is 11.3 Å². The highest BCUT2D eigenvalue weighted by Crippen LogP contribution is 2.21. The number of rotatable bonds is 8. The number of hydrogen-bond donors (Lipinski definition) is 2. The molecule has 0 unspecified atom stereocenters. The Morgan fingerprint density at radius 2 is 2.17 bits per heavy atom. The number of hydrogen-bond acceptors (Lipinski definition) is 6. The number of methoxy groups -OCH3 is 1. The van der Waals surface area contributed by atoms with Gasteiger partial charge in [0.05, 0.1) is 5.69 Å². The molecule has 2 heterocycles. The lowest BCUT2D eigenvalue weighted by atomic mass is 9.96. The maximum Gasteiger partial charge on any atom is 0.223 e. The third kappa shape index (κ3) is 6.18. The lowest BCUT2D eigenvalue weighted by Crippen LogP contribution is -2.40.